The van der Waals surface area contributed by atoms with E-state index in [1.165, 1.54) is 11.3 Å². The van der Waals surface area contributed by atoms with Gasteiger partial charge in [-0.25, -0.2) is 4.98 Å². The van der Waals surface area contributed by atoms with Gasteiger partial charge in [-0.3, -0.25) is 10.5 Å². The Morgan fingerprint density at radius 3 is 3.00 bits per heavy atom. The summed E-state index contributed by atoms with van der Waals surface area (Å²) in [7, 11) is 1.62. The second kappa shape index (κ2) is 6.00. The third kappa shape index (κ3) is 2.38. The highest BCUT2D eigenvalue weighted by atomic mass is 32.1. The SMILES string of the molecule is COc1cccc([C@H]2CC(=O)Nc3sc4c(C)c(C#N)c(N)[nH+]c4c32)c1. The van der Waals surface area contributed by atoms with Gasteiger partial charge in [-0.2, -0.15) is 5.26 Å². The van der Waals surface area contributed by atoms with E-state index in [9.17, 15) is 10.1 Å². The number of nitrogens with zero attached hydrogens (tertiary/aromatic N) is 1. The minimum atomic E-state index is -0.106. The van der Waals surface area contributed by atoms with Gasteiger partial charge in [-0.15, -0.1) is 11.3 Å². The number of thiophene rings is 1. The average Bonchev–Trinajstić information content (AvgIpc) is 2.99. The molecule has 2 aromatic heterocycles. The zero-order valence-corrected chi connectivity index (χ0v) is 15.2. The molecule has 0 aliphatic carbocycles. The number of aryl methyl sites for hydroxylation is 1. The molecule has 1 aromatic carbocycles. The van der Waals surface area contributed by atoms with Crippen LogP contribution in [0.3, 0.4) is 0 Å². The van der Waals surface area contributed by atoms with Crippen molar-refractivity contribution >= 4 is 38.3 Å². The van der Waals surface area contributed by atoms with Gasteiger partial charge in [0.1, 0.15) is 27.9 Å². The fourth-order valence-corrected chi connectivity index (χ4v) is 4.76. The number of methoxy groups -OCH3 is 1. The lowest BCUT2D eigenvalue weighted by Crippen LogP contribution is -2.24. The smallest absolute Gasteiger partial charge is 0.289 e. The van der Waals surface area contributed by atoms with Crippen molar-refractivity contribution in [2.24, 2.45) is 0 Å². The summed E-state index contributed by atoms with van der Waals surface area (Å²) in [6.07, 6.45) is 0.346. The number of carbonyl (C=O) groups is 1. The summed E-state index contributed by atoms with van der Waals surface area (Å²) < 4.78 is 6.28. The first-order valence-electron chi connectivity index (χ1n) is 8.15. The minimum absolute atomic E-state index is 0.0250. The number of aromatic nitrogens is 1. The fourth-order valence-electron chi connectivity index (χ4n) is 3.52. The number of rotatable bonds is 2. The molecular weight excluding hydrogens is 348 g/mol. The number of aromatic amines is 1. The van der Waals surface area contributed by atoms with E-state index in [4.69, 9.17) is 10.5 Å². The van der Waals surface area contributed by atoms with E-state index in [-0.39, 0.29) is 11.8 Å². The monoisotopic (exact) mass is 365 g/mol. The average molecular weight is 365 g/mol. The van der Waals surface area contributed by atoms with Crippen LogP contribution < -0.4 is 20.8 Å². The summed E-state index contributed by atoms with van der Waals surface area (Å²) in [5, 5.41) is 13.1. The third-order valence-corrected chi connectivity index (χ3v) is 6.03. The maximum atomic E-state index is 12.3. The minimum Gasteiger partial charge on any atom is -0.497 e. The van der Waals surface area contributed by atoms with Crippen molar-refractivity contribution in [1.29, 1.82) is 5.26 Å². The van der Waals surface area contributed by atoms with Crippen LogP contribution in [0.4, 0.5) is 10.8 Å². The third-order valence-electron chi connectivity index (χ3n) is 4.79. The second-order valence-electron chi connectivity index (χ2n) is 6.28. The van der Waals surface area contributed by atoms with Crippen LogP contribution in [-0.2, 0) is 4.79 Å². The van der Waals surface area contributed by atoms with Crippen molar-refractivity contribution in [2.75, 3.05) is 18.2 Å². The number of nitrogen functional groups attached to an aromatic ring is 1. The summed E-state index contributed by atoms with van der Waals surface area (Å²) in [6, 6.07) is 9.91. The number of hydrogen-bond donors (Lipinski definition) is 2. The van der Waals surface area contributed by atoms with Crippen molar-refractivity contribution < 1.29 is 14.5 Å². The van der Waals surface area contributed by atoms with Gasteiger partial charge in [0.05, 0.1) is 11.8 Å². The van der Waals surface area contributed by atoms with Gasteiger partial charge in [-0.05, 0) is 30.2 Å². The van der Waals surface area contributed by atoms with Crippen molar-refractivity contribution in [2.45, 2.75) is 19.3 Å². The lowest BCUT2D eigenvalue weighted by Gasteiger charge is -2.23. The molecule has 1 amide bonds. The van der Waals surface area contributed by atoms with Crippen LogP contribution in [0.25, 0.3) is 10.2 Å². The quantitative estimate of drug-likeness (QED) is 0.729. The number of benzene rings is 1. The van der Waals surface area contributed by atoms with E-state index in [0.29, 0.717) is 17.8 Å². The number of pyridine rings is 1. The van der Waals surface area contributed by atoms with E-state index >= 15 is 0 Å². The molecule has 0 spiro atoms. The largest absolute Gasteiger partial charge is 0.497 e. The highest BCUT2D eigenvalue weighted by Crippen LogP contribution is 2.47. The van der Waals surface area contributed by atoms with Gasteiger partial charge < -0.3 is 10.1 Å². The summed E-state index contributed by atoms with van der Waals surface area (Å²) >= 11 is 1.48. The number of anilines is 2. The van der Waals surface area contributed by atoms with E-state index in [0.717, 1.165) is 37.7 Å². The van der Waals surface area contributed by atoms with E-state index in [2.05, 4.69) is 16.4 Å². The molecule has 0 saturated heterocycles. The first kappa shape index (κ1) is 16.4. The molecule has 4 rings (SSSR count). The molecular formula is C19H17N4O2S+. The van der Waals surface area contributed by atoms with Crippen molar-refractivity contribution in [3.63, 3.8) is 0 Å². The molecule has 3 heterocycles. The Morgan fingerprint density at radius 2 is 2.27 bits per heavy atom. The molecule has 1 aliphatic rings. The Hall–Kier alpha value is -3.11. The Labute approximate surface area is 154 Å². The summed E-state index contributed by atoms with van der Waals surface area (Å²) in [6.45, 7) is 1.88. The van der Waals surface area contributed by atoms with Gasteiger partial charge >= 0.3 is 0 Å². The van der Waals surface area contributed by atoms with Crippen LogP contribution in [0.15, 0.2) is 24.3 Å². The predicted molar refractivity (Wildman–Crippen MR) is 100 cm³/mol. The van der Waals surface area contributed by atoms with E-state index < -0.39 is 0 Å². The molecule has 0 bridgehead atoms. The maximum absolute atomic E-state index is 12.3. The molecule has 3 aromatic rings. The molecule has 1 aliphatic heterocycles. The molecule has 4 N–H and O–H groups in total. The van der Waals surface area contributed by atoms with Gasteiger partial charge in [0.2, 0.25) is 5.91 Å². The summed E-state index contributed by atoms with van der Waals surface area (Å²) in [4.78, 5) is 15.5. The Morgan fingerprint density at radius 1 is 1.46 bits per heavy atom. The molecule has 26 heavy (non-hydrogen) atoms. The summed E-state index contributed by atoms with van der Waals surface area (Å²) in [5.74, 6) is 0.967. The number of nitrogens with one attached hydrogen (secondary N) is 2. The second-order valence-corrected chi connectivity index (χ2v) is 7.30. The molecule has 0 unspecified atom stereocenters. The fraction of sp³-hybridized carbons (Fsp3) is 0.211. The molecule has 0 saturated carbocycles. The Bertz CT molecular complexity index is 1100. The number of ether oxygens (including phenoxy) is 1. The number of H-pyrrole nitrogens is 1. The van der Waals surface area contributed by atoms with E-state index in [1.807, 2.05) is 31.2 Å². The lowest BCUT2D eigenvalue weighted by molar-refractivity contribution is -0.327. The van der Waals surface area contributed by atoms with Crippen LogP contribution in [0, 0.1) is 18.3 Å². The van der Waals surface area contributed by atoms with Crippen LogP contribution in [-0.4, -0.2) is 13.0 Å². The highest BCUT2D eigenvalue weighted by molar-refractivity contribution is 7.23. The zero-order valence-electron chi connectivity index (χ0n) is 14.3. The van der Waals surface area contributed by atoms with Crippen LogP contribution in [0.5, 0.6) is 5.75 Å². The van der Waals surface area contributed by atoms with Crippen LogP contribution >= 0.6 is 11.3 Å². The first-order chi connectivity index (χ1) is 12.5. The molecule has 0 fully saturated rings. The van der Waals surface area contributed by atoms with Gasteiger partial charge in [0.25, 0.3) is 5.82 Å². The van der Waals surface area contributed by atoms with Crippen LogP contribution in [0.2, 0.25) is 0 Å². The number of nitriles is 1. The summed E-state index contributed by atoms with van der Waals surface area (Å²) in [5.41, 5.74) is 10.2. The molecule has 1 atom stereocenters. The first-order valence-corrected chi connectivity index (χ1v) is 8.96. The maximum Gasteiger partial charge on any atom is 0.289 e. The van der Waals surface area contributed by atoms with Crippen molar-refractivity contribution in [1.82, 2.24) is 0 Å². The number of amides is 1. The van der Waals surface area contributed by atoms with Crippen molar-refractivity contribution in [3.05, 3.63) is 46.5 Å². The van der Waals surface area contributed by atoms with Gasteiger partial charge in [0, 0.05) is 17.9 Å². The topological polar surface area (TPSA) is 102 Å². The molecule has 7 heteroatoms. The predicted octanol–water partition coefficient (Wildman–Crippen LogP) is 2.96. The molecule has 130 valence electrons. The Kier molecular flexibility index (Phi) is 3.78. The normalized spacial score (nSPS) is 16.0. The molecule has 0 radical (unpaired) electrons. The zero-order chi connectivity index (χ0) is 18.4. The number of fused-ring (bicyclic) bond motifs is 3. The highest BCUT2D eigenvalue weighted by Gasteiger charge is 2.33. The van der Waals surface area contributed by atoms with E-state index in [1.54, 1.807) is 7.11 Å². The Balaban J connectivity index is 1.99. The standard InChI is InChI=1S/C19H16N4O2S/c1-9-13(8-20)18(21)23-16-15-12(10-4-3-5-11(6-10)25-2)7-14(24)22-19(15)26-17(9)16/h3-6,12H,7H2,1-2H3,(H2,21,23)(H,22,24)/p+1/t12-/m1/s1. The number of nitrogens with two attached hydrogens (primary N) is 1. The van der Waals surface area contributed by atoms with Gasteiger partial charge in [0.15, 0.2) is 0 Å². The number of carbonyl (C=O) groups excluding carboxylic acids is 1. The molecule has 6 nitrogen and oxygen atoms in total. The number of hydrogen-bond acceptors (Lipinski definition) is 5. The van der Waals surface area contributed by atoms with Crippen LogP contribution in [0.1, 0.15) is 34.6 Å². The van der Waals surface area contributed by atoms with Gasteiger partial charge in [-0.1, -0.05) is 12.1 Å². The lowest BCUT2D eigenvalue weighted by atomic mass is 9.86. The van der Waals surface area contributed by atoms with Crippen molar-refractivity contribution in [3.8, 4) is 11.8 Å².